The lowest BCUT2D eigenvalue weighted by Gasteiger charge is -2.46. The van der Waals surface area contributed by atoms with Crippen molar-refractivity contribution in [2.75, 3.05) is 0 Å². The van der Waals surface area contributed by atoms with Crippen molar-refractivity contribution in [2.45, 2.75) is 79.9 Å². The van der Waals surface area contributed by atoms with Crippen LogP contribution in [0.3, 0.4) is 0 Å². The monoisotopic (exact) mass is 536 g/mol. The zero-order valence-electron chi connectivity index (χ0n) is 15.9. The van der Waals surface area contributed by atoms with Crippen LogP contribution in [0.5, 0.6) is 0 Å². The summed E-state index contributed by atoms with van der Waals surface area (Å²) in [6.07, 6.45) is -4.48. The van der Waals surface area contributed by atoms with Crippen LogP contribution in [0.4, 0.5) is 74.6 Å². The minimum atomic E-state index is -8.56. The van der Waals surface area contributed by atoms with Crippen LogP contribution in [0, 0.1) is 0 Å². The fourth-order valence-electron chi connectivity index (χ4n) is 1.95. The van der Waals surface area contributed by atoms with Crippen molar-refractivity contribution >= 4 is 10.5 Å². The van der Waals surface area contributed by atoms with E-state index < -0.39 is 76.6 Å². The molecular weight excluding hydrogens is 523 g/mol. The summed E-state index contributed by atoms with van der Waals surface area (Å²) in [6, 6.07) is 0. The zero-order valence-corrected chi connectivity index (χ0v) is 17.9. The van der Waals surface area contributed by atoms with Crippen LogP contribution in [0.25, 0.3) is 0 Å². The van der Waals surface area contributed by atoms with E-state index in [1.54, 1.807) is 0 Å². The maximum atomic E-state index is 13.8. The molecule has 0 aliphatic rings. The summed E-state index contributed by atoms with van der Waals surface area (Å²) < 4.78 is 232. The summed E-state index contributed by atoms with van der Waals surface area (Å²) in [5.74, 6) is -62.8. The van der Waals surface area contributed by atoms with Crippen LogP contribution < -0.4 is 0 Å². The van der Waals surface area contributed by atoms with E-state index in [-0.39, 0.29) is 13.8 Å². The van der Waals surface area contributed by atoms with Gasteiger partial charge in [0.2, 0.25) is 0 Å². The standard InChI is InChI=1S/C13H13F17OSi/c1-4(14)6(15,16)8(19,20)10(23,24)12(27,28)13(29,30)11(25,26)9(21,22)7(17,18)5(2,3)31-32/h4H,1-3,32H3. The average Bonchev–Trinajstić information content (AvgIpc) is 2.59. The van der Waals surface area contributed by atoms with Crippen LogP contribution in [-0.2, 0) is 4.43 Å². The van der Waals surface area contributed by atoms with E-state index in [2.05, 4.69) is 4.43 Å². The third kappa shape index (κ3) is 3.55. The van der Waals surface area contributed by atoms with Gasteiger partial charge in [-0.3, -0.25) is 0 Å². The van der Waals surface area contributed by atoms with Gasteiger partial charge in [-0.15, -0.1) is 0 Å². The number of hydrogen-bond acceptors (Lipinski definition) is 1. The molecule has 0 saturated carbocycles. The van der Waals surface area contributed by atoms with E-state index in [1.807, 2.05) is 0 Å². The van der Waals surface area contributed by atoms with Crippen LogP contribution in [0.15, 0.2) is 0 Å². The maximum Gasteiger partial charge on any atom is 0.385 e. The second kappa shape index (κ2) is 7.76. The molecule has 0 radical (unpaired) electrons. The lowest BCUT2D eigenvalue weighted by Crippen LogP contribution is -2.76. The zero-order chi connectivity index (χ0) is 26.8. The van der Waals surface area contributed by atoms with Crippen molar-refractivity contribution in [3.63, 3.8) is 0 Å². The molecular formula is C13H13F17OSi. The van der Waals surface area contributed by atoms with Gasteiger partial charge in [-0.2, -0.15) is 70.2 Å². The molecule has 0 spiro atoms. The first-order chi connectivity index (χ1) is 13.5. The van der Waals surface area contributed by atoms with E-state index in [9.17, 15) is 74.6 Å². The average molecular weight is 536 g/mol. The molecule has 19 heteroatoms. The summed E-state index contributed by atoms with van der Waals surface area (Å²) in [7, 11) is -0.974. The Kier molecular flexibility index (Phi) is 7.51. The van der Waals surface area contributed by atoms with Crippen LogP contribution in [0.2, 0.25) is 0 Å². The fraction of sp³-hybridized carbons (Fsp3) is 1.00. The highest BCUT2D eigenvalue weighted by molar-refractivity contribution is 5.98. The number of hydrogen-bond donors (Lipinski definition) is 0. The normalized spacial score (nSPS) is 17.6. The minimum absolute atomic E-state index is 0.119. The second-order valence-electron chi connectivity index (χ2n) is 6.97. The Morgan fingerprint density at radius 1 is 0.500 bits per heavy atom. The lowest BCUT2D eigenvalue weighted by molar-refractivity contribution is -0.460. The van der Waals surface area contributed by atoms with Gasteiger partial charge in [0.1, 0.15) is 16.1 Å². The minimum Gasteiger partial charge on any atom is -0.417 e. The molecule has 0 aromatic rings. The predicted molar refractivity (Wildman–Crippen MR) is 75.2 cm³/mol. The molecule has 0 aromatic heterocycles. The highest BCUT2D eigenvalue weighted by atomic mass is 28.2. The van der Waals surface area contributed by atoms with Crippen molar-refractivity contribution in [3.05, 3.63) is 0 Å². The maximum absolute atomic E-state index is 13.8. The molecule has 32 heavy (non-hydrogen) atoms. The Balaban J connectivity index is 6.95. The van der Waals surface area contributed by atoms with E-state index in [4.69, 9.17) is 0 Å². The molecule has 1 unspecified atom stereocenters. The molecule has 0 aliphatic carbocycles. The highest BCUT2D eigenvalue weighted by Crippen LogP contribution is 2.65. The first kappa shape index (κ1) is 31.0. The number of halogens is 17. The topological polar surface area (TPSA) is 9.23 Å². The van der Waals surface area contributed by atoms with Crippen molar-refractivity contribution in [1.82, 2.24) is 0 Å². The van der Waals surface area contributed by atoms with Gasteiger partial charge in [-0.25, -0.2) is 4.39 Å². The third-order valence-electron chi connectivity index (χ3n) is 4.55. The summed E-state index contributed by atoms with van der Waals surface area (Å²) in [6.45, 7) is -0.877. The first-order valence-electron chi connectivity index (χ1n) is 7.72. The Hall–Kier alpha value is -1.01. The van der Waals surface area contributed by atoms with Crippen molar-refractivity contribution in [3.8, 4) is 0 Å². The number of rotatable bonds is 10. The molecule has 0 fully saturated rings. The molecule has 194 valence electrons. The Morgan fingerprint density at radius 2 is 0.719 bits per heavy atom. The summed E-state index contributed by atoms with van der Waals surface area (Å²) >= 11 is 0. The van der Waals surface area contributed by atoms with Gasteiger partial charge in [-0.05, 0) is 20.8 Å². The molecule has 0 heterocycles. The quantitative estimate of drug-likeness (QED) is 0.265. The molecule has 1 nitrogen and oxygen atoms in total. The fourth-order valence-corrected chi connectivity index (χ4v) is 2.21. The Bertz CT molecular complexity index is 684. The molecule has 0 bridgehead atoms. The SMILES string of the molecule is CC(F)C(F)(F)C(F)(F)C(F)(F)C(F)(F)C(F)(F)C(F)(F)C(F)(F)C(F)(F)C(C)(C)O[SiH3]. The second-order valence-corrected chi connectivity index (χ2v) is 7.38. The smallest absolute Gasteiger partial charge is 0.385 e. The summed E-state index contributed by atoms with van der Waals surface area (Å²) in [4.78, 5) is 0. The van der Waals surface area contributed by atoms with Crippen LogP contribution in [0.1, 0.15) is 20.8 Å². The van der Waals surface area contributed by atoms with Gasteiger partial charge in [0.15, 0.2) is 6.17 Å². The molecule has 1 atom stereocenters. The van der Waals surface area contributed by atoms with Gasteiger partial charge in [-0.1, -0.05) is 0 Å². The summed E-state index contributed by atoms with van der Waals surface area (Å²) in [5.41, 5.74) is -3.82. The summed E-state index contributed by atoms with van der Waals surface area (Å²) in [5, 5.41) is 0. The highest BCUT2D eigenvalue weighted by Gasteiger charge is 2.95. The predicted octanol–water partition coefficient (Wildman–Crippen LogP) is 5.50. The van der Waals surface area contributed by atoms with Gasteiger partial charge in [0.05, 0.1) is 0 Å². The Labute approximate surface area is 170 Å². The molecule has 0 rings (SSSR count). The van der Waals surface area contributed by atoms with Gasteiger partial charge < -0.3 is 4.43 Å². The van der Waals surface area contributed by atoms with E-state index >= 15 is 0 Å². The van der Waals surface area contributed by atoms with Crippen molar-refractivity contribution in [2.24, 2.45) is 0 Å². The molecule has 0 aromatic carbocycles. The van der Waals surface area contributed by atoms with Crippen LogP contribution in [-0.4, -0.2) is 69.6 Å². The van der Waals surface area contributed by atoms with E-state index in [0.29, 0.717) is 0 Å². The van der Waals surface area contributed by atoms with Crippen molar-refractivity contribution < 1.29 is 79.1 Å². The Morgan fingerprint density at radius 3 is 0.938 bits per heavy atom. The molecule has 0 saturated heterocycles. The van der Waals surface area contributed by atoms with E-state index in [1.165, 1.54) is 0 Å². The number of alkyl halides is 17. The van der Waals surface area contributed by atoms with Gasteiger partial charge in [0.25, 0.3) is 0 Å². The third-order valence-corrected chi connectivity index (χ3v) is 5.57. The lowest BCUT2D eigenvalue weighted by atomic mass is 9.83. The van der Waals surface area contributed by atoms with E-state index in [0.717, 1.165) is 0 Å². The molecule has 0 amide bonds. The molecule has 0 aliphatic heterocycles. The van der Waals surface area contributed by atoms with Crippen LogP contribution >= 0.6 is 0 Å². The largest absolute Gasteiger partial charge is 0.417 e. The van der Waals surface area contributed by atoms with Gasteiger partial charge >= 0.3 is 47.4 Å². The first-order valence-corrected chi connectivity index (χ1v) is 8.54. The van der Waals surface area contributed by atoms with Gasteiger partial charge in [0, 0.05) is 0 Å². The van der Waals surface area contributed by atoms with Crippen molar-refractivity contribution in [1.29, 1.82) is 0 Å². The molecule has 0 N–H and O–H groups in total.